The molecule has 0 aliphatic carbocycles. The van der Waals surface area contributed by atoms with Crippen molar-refractivity contribution in [2.75, 3.05) is 19.7 Å². The third-order valence-electron chi connectivity index (χ3n) is 2.30. The Bertz CT molecular complexity index is 264. The minimum Gasteiger partial charge on any atom is -0.475 e. The number of aliphatic carboxylic acids is 1. The van der Waals surface area contributed by atoms with Gasteiger partial charge in [0.15, 0.2) is 0 Å². The molecule has 1 spiro atoms. The first kappa shape index (κ1) is 13.2. The zero-order valence-corrected chi connectivity index (χ0v) is 8.18. The van der Waals surface area contributed by atoms with E-state index in [0.717, 1.165) is 13.1 Å². The molecule has 2 aliphatic heterocycles. The van der Waals surface area contributed by atoms with Crippen molar-refractivity contribution in [1.82, 2.24) is 5.32 Å². The van der Waals surface area contributed by atoms with E-state index in [2.05, 4.69) is 5.32 Å². The quantitative estimate of drug-likeness (QED) is 0.617. The predicted molar refractivity (Wildman–Crippen MR) is 44.8 cm³/mol. The van der Waals surface area contributed by atoms with Gasteiger partial charge >= 0.3 is 12.1 Å². The second-order valence-corrected chi connectivity index (χ2v) is 3.70. The highest BCUT2D eigenvalue weighted by Crippen LogP contribution is 2.30. The third-order valence-corrected chi connectivity index (χ3v) is 2.30. The van der Waals surface area contributed by atoms with E-state index in [9.17, 15) is 17.6 Å². The fourth-order valence-corrected chi connectivity index (χ4v) is 1.44. The summed E-state index contributed by atoms with van der Waals surface area (Å²) < 4.78 is 49.5. The van der Waals surface area contributed by atoms with Gasteiger partial charge in [0.25, 0.3) is 0 Å². The highest BCUT2D eigenvalue weighted by molar-refractivity contribution is 5.73. The summed E-state index contributed by atoms with van der Waals surface area (Å²) in [4.78, 5) is 8.90. The van der Waals surface area contributed by atoms with Crippen molar-refractivity contribution in [3.63, 3.8) is 0 Å². The lowest BCUT2D eigenvalue weighted by molar-refractivity contribution is -0.192. The van der Waals surface area contributed by atoms with Gasteiger partial charge in [-0.05, 0) is 0 Å². The molecule has 0 saturated carbocycles. The van der Waals surface area contributed by atoms with E-state index < -0.39 is 18.3 Å². The molecule has 0 bridgehead atoms. The van der Waals surface area contributed by atoms with Crippen molar-refractivity contribution in [3.05, 3.63) is 0 Å². The van der Waals surface area contributed by atoms with Crippen molar-refractivity contribution < 1.29 is 32.2 Å². The van der Waals surface area contributed by atoms with Crippen LogP contribution in [-0.4, -0.2) is 48.7 Å². The number of carboxylic acid groups (broad SMARTS) is 1. The second kappa shape index (κ2) is 4.54. The first-order chi connectivity index (χ1) is 7.25. The van der Waals surface area contributed by atoms with Crippen molar-refractivity contribution in [1.29, 1.82) is 0 Å². The summed E-state index contributed by atoms with van der Waals surface area (Å²) in [5.41, 5.74) is -0.0978. The Balaban J connectivity index is 0.000000168. The number of rotatable bonds is 0. The van der Waals surface area contributed by atoms with Gasteiger partial charge in [0.05, 0.1) is 12.2 Å². The summed E-state index contributed by atoms with van der Waals surface area (Å²) in [6.45, 7) is 1.99. The number of hydrogen-bond acceptors (Lipinski definition) is 3. The van der Waals surface area contributed by atoms with Gasteiger partial charge < -0.3 is 15.2 Å². The number of carbonyl (C=O) groups is 1. The van der Waals surface area contributed by atoms with Crippen LogP contribution in [0.5, 0.6) is 0 Å². The molecule has 94 valence electrons. The SMILES string of the molecule is FC1COC2(CNC2)C1.O=C(O)C(F)(F)F. The summed E-state index contributed by atoms with van der Waals surface area (Å²) in [6, 6.07) is 0. The molecular weight excluding hydrogens is 234 g/mol. The molecule has 2 rings (SSSR count). The Labute approximate surface area is 88.6 Å². The van der Waals surface area contributed by atoms with Gasteiger partial charge in [0.2, 0.25) is 0 Å². The number of hydrogen-bond donors (Lipinski definition) is 2. The number of ether oxygens (including phenoxy) is 1. The maximum atomic E-state index is 12.5. The van der Waals surface area contributed by atoms with Crippen LogP contribution in [0, 0.1) is 0 Å². The van der Waals surface area contributed by atoms with Crippen LogP contribution in [0.1, 0.15) is 6.42 Å². The molecule has 2 fully saturated rings. The first-order valence-electron chi connectivity index (χ1n) is 4.54. The average Bonchev–Trinajstić information content (AvgIpc) is 2.46. The lowest BCUT2D eigenvalue weighted by Gasteiger charge is -2.37. The highest BCUT2D eigenvalue weighted by atomic mass is 19.4. The van der Waals surface area contributed by atoms with Gasteiger partial charge in [-0.1, -0.05) is 0 Å². The van der Waals surface area contributed by atoms with Gasteiger partial charge in [0, 0.05) is 19.5 Å². The van der Waals surface area contributed by atoms with Crippen LogP contribution < -0.4 is 5.32 Å². The van der Waals surface area contributed by atoms with Crippen LogP contribution in [-0.2, 0) is 9.53 Å². The van der Waals surface area contributed by atoms with E-state index >= 15 is 0 Å². The zero-order valence-electron chi connectivity index (χ0n) is 8.18. The number of nitrogens with one attached hydrogen (secondary N) is 1. The number of halogens is 4. The molecule has 1 unspecified atom stereocenters. The Morgan fingerprint density at radius 3 is 2.06 bits per heavy atom. The largest absolute Gasteiger partial charge is 0.490 e. The molecule has 2 aliphatic rings. The van der Waals surface area contributed by atoms with E-state index in [1.54, 1.807) is 0 Å². The predicted octanol–water partition coefficient (Wildman–Crippen LogP) is 0.720. The lowest BCUT2D eigenvalue weighted by atomic mass is 9.93. The summed E-state index contributed by atoms with van der Waals surface area (Å²) in [6.07, 6.45) is -5.20. The standard InChI is InChI=1S/C6H10FNO.C2HF3O2/c7-5-1-6(9-2-5)3-8-4-6;3-2(4,5)1(6)7/h5,8H,1-4H2;(H,6,7). The van der Waals surface area contributed by atoms with Crippen LogP contribution >= 0.6 is 0 Å². The molecule has 2 N–H and O–H groups in total. The Morgan fingerprint density at radius 2 is 1.94 bits per heavy atom. The van der Waals surface area contributed by atoms with Gasteiger partial charge in [-0.25, -0.2) is 9.18 Å². The van der Waals surface area contributed by atoms with Crippen LogP contribution in [0.4, 0.5) is 17.6 Å². The average molecular weight is 245 g/mol. The molecule has 0 aromatic rings. The van der Waals surface area contributed by atoms with Crippen LogP contribution in [0.25, 0.3) is 0 Å². The smallest absolute Gasteiger partial charge is 0.475 e. The van der Waals surface area contributed by atoms with E-state index in [1.807, 2.05) is 0 Å². The summed E-state index contributed by atoms with van der Waals surface area (Å²) in [5.74, 6) is -2.76. The molecule has 8 heteroatoms. The molecule has 16 heavy (non-hydrogen) atoms. The molecular formula is C8H11F4NO3. The van der Waals surface area contributed by atoms with E-state index in [-0.39, 0.29) is 5.60 Å². The van der Waals surface area contributed by atoms with Gasteiger partial charge in [0.1, 0.15) is 6.17 Å². The molecule has 2 saturated heterocycles. The minimum atomic E-state index is -5.08. The van der Waals surface area contributed by atoms with Crippen molar-refractivity contribution in [2.45, 2.75) is 24.4 Å². The topological polar surface area (TPSA) is 58.6 Å². The maximum Gasteiger partial charge on any atom is 0.490 e. The maximum absolute atomic E-state index is 12.5. The van der Waals surface area contributed by atoms with Gasteiger partial charge in [-0.3, -0.25) is 0 Å². The summed E-state index contributed by atoms with van der Waals surface area (Å²) in [5, 5.41) is 10.2. The summed E-state index contributed by atoms with van der Waals surface area (Å²) >= 11 is 0. The normalized spacial score (nSPS) is 26.9. The van der Waals surface area contributed by atoms with Crippen LogP contribution in [0.2, 0.25) is 0 Å². The third kappa shape index (κ3) is 3.31. The van der Waals surface area contributed by atoms with Crippen molar-refractivity contribution in [2.24, 2.45) is 0 Å². The lowest BCUT2D eigenvalue weighted by Crippen LogP contribution is -2.59. The summed E-state index contributed by atoms with van der Waals surface area (Å²) in [7, 11) is 0. The van der Waals surface area contributed by atoms with E-state index in [1.165, 1.54) is 0 Å². The Kier molecular flexibility index (Phi) is 3.74. The molecule has 0 aromatic heterocycles. The highest BCUT2D eigenvalue weighted by Gasteiger charge is 2.45. The first-order valence-corrected chi connectivity index (χ1v) is 4.54. The van der Waals surface area contributed by atoms with Crippen LogP contribution in [0.3, 0.4) is 0 Å². The van der Waals surface area contributed by atoms with Gasteiger partial charge in [-0.15, -0.1) is 0 Å². The fraction of sp³-hybridized carbons (Fsp3) is 0.875. The molecule has 0 radical (unpaired) electrons. The monoisotopic (exact) mass is 245 g/mol. The molecule has 0 amide bonds. The molecule has 0 aromatic carbocycles. The molecule has 1 atom stereocenters. The minimum absolute atomic E-state index is 0.0978. The Morgan fingerprint density at radius 1 is 1.44 bits per heavy atom. The van der Waals surface area contributed by atoms with Crippen molar-refractivity contribution >= 4 is 5.97 Å². The number of carboxylic acids is 1. The van der Waals surface area contributed by atoms with E-state index in [4.69, 9.17) is 14.6 Å². The second-order valence-electron chi connectivity index (χ2n) is 3.70. The van der Waals surface area contributed by atoms with E-state index in [0.29, 0.717) is 13.0 Å². The van der Waals surface area contributed by atoms with Crippen molar-refractivity contribution in [3.8, 4) is 0 Å². The molecule has 4 nitrogen and oxygen atoms in total. The Hall–Kier alpha value is -0.890. The number of alkyl halides is 4. The fourth-order valence-electron chi connectivity index (χ4n) is 1.44. The van der Waals surface area contributed by atoms with Gasteiger partial charge in [-0.2, -0.15) is 13.2 Å². The molecule has 2 heterocycles. The van der Waals surface area contributed by atoms with Crippen LogP contribution in [0.15, 0.2) is 0 Å². The zero-order chi connectivity index (χ0) is 12.4.